The number of rotatable bonds is 4. The summed E-state index contributed by atoms with van der Waals surface area (Å²) in [5.74, 6) is -0.226. The Hall–Kier alpha value is -3.14. The van der Waals surface area contributed by atoms with E-state index >= 15 is 0 Å². The Balaban J connectivity index is 1.46. The molecule has 0 bridgehead atoms. The Bertz CT molecular complexity index is 944. The Kier molecular flexibility index (Phi) is 3.94. The second-order valence-corrected chi connectivity index (χ2v) is 6.34. The van der Waals surface area contributed by atoms with Crippen molar-refractivity contribution < 1.29 is 9.59 Å². The Morgan fingerprint density at radius 1 is 0.760 bits per heavy atom. The van der Waals surface area contributed by atoms with Gasteiger partial charge >= 0.3 is 0 Å². The van der Waals surface area contributed by atoms with Gasteiger partial charge < -0.3 is 10.6 Å². The van der Waals surface area contributed by atoms with Crippen LogP contribution in [0.25, 0.3) is 10.8 Å². The Labute approximate surface area is 145 Å². The molecule has 4 rings (SSSR count). The minimum absolute atomic E-state index is 0.0603. The van der Waals surface area contributed by atoms with Gasteiger partial charge in [-0.15, -0.1) is 0 Å². The minimum Gasteiger partial charge on any atom is -0.349 e. The highest BCUT2D eigenvalue weighted by molar-refractivity contribution is 6.06. The lowest BCUT2D eigenvalue weighted by Gasteiger charge is -2.08. The summed E-state index contributed by atoms with van der Waals surface area (Å²) in [5, 5.41) is 7.95. The number of hydrogen-bond acceptors (Lipinski definition) is 2. The van der Waals surface area contributed by atoms with Crippen LogP contribution in [-0.2, 0) is 0 Å². The first-order valence-electron chi connectivity index (χ1n) is 8.40. The zero-order valence-electron chi connectivity index (χ0n) is 13.7. The monoisotopic (exact) mass is 330 g/mol. The van der Waals surface area contributed by atoms with E-state index in [1.165, 1.54) is 0 Å². The van der Waals surface area contributed by atoms with Crippen molar-refractivity contribution >= 4 is 28.3 Å². The molecule has 4 nitrogen and oxygen atoms in total. The Morgan fingerprint density at radius 3 is 2.16 bits per heavy atom. The lowest BCUT2D eigenvalue weighted by molar-refractivity contribution is 0.0950. The summed E-state index contributed by atoms with van der Waals surface area (Å²) in [4.78, 5) is 24.4. The third-order valence-electron chi connectivity index (χ3n) is 4.33. The number of carbonyl (C=O) groups excluding carboxylic acids is 2. The summed E-state index contributed by atoms with van der Waals surface area (Å²) in [7, 11) is 0. The van der Waals surface area contributed by atoms with Crippen molar-refractivity contribution in [2.45, 2.75) is 18.9 Å². The predicted octanol–water partition coefficient (Wildman–Crippen LogP) is 3.98. The molecular weight excluding hydrogens is 312 g/mol. The highest BCUT2D eigenvalue weighted by Crippen LogP contribution is 2.20. The number of carbonyl (C=O) groups is 2. The molecular formula is C21H18N2O2. The third-order valence-corrected chi connectivity index (χ3v) is 4.33. The molecule has 1 saturated carbocycles. The molecule has 25 heavy (non-hydrogen) atoms. The number of anilines is 1. The molecule has 124 valence electrons. The second kappa shape index (κ2) is 6.40. The van der Waals surface area contributed by atoms with Crippen LogP contribution in [0.4, 0.5) is 5.69 Å². The molecule has 0 saturated heterocycles. The van der Waals surface area contributed by atoms with Crippen LogP contribution in [0.5, 0.6) is 0 Å². The maximum atomic E-state index is 12.4. The molecule has 0 aromatic heterocycles. The first-order valence-corrected chi connectivity index (χ1v) is 8.40. The van der Waals surface area contributed by atoms with E-state index in [1.54, 1.807) is 24.3 Å². The smallest absolute Gasteiger partial charge is 0.255 e. The van der Waals surface area contributed by atoms with Crippen LogP contribution in [0, 0.1) is 0 Å². The van der Waals surface area contributed by atoms with Gasteiger partial charge in [-0.1, -0.05) is 30.3 Å². The molecule has 2 N–H and O–H groups in total. The molecule has 0 heterocycles. The summed E-state index contributed by atoms with van der Waals surface area (Å²) in [5.41, 5.74) is 1.88. The van der Waals surface area contributed by atoms with E-state index in [1.807, 2.05) is 42.5 Å². The van der Waals surface area contributed by atoms with Crippen molar-refractivity contribution in [3.05, 3.63) is 77.9 Å². The van der Waals surface area contributed by atoms with Crippen LogP contribution >= 0.6 is 0 Å². The van der Waals surface area contributed by atoms with Gasteiger partial charge in [-0.25, -0.2) is 0 Å². The van der Waals surface area contributed by atoms with Crippen molar-refractivity contribution in [2.24, 2.45) is 0 Å². The molecule has 0 radical (unpaired) electrons. The molecule has 2 amide bonds. The van der Waals surface area contributed by atoms with Crippen LogP contribution in [0.1, 0.15) is 33.6 Å². The highest BCUT2D eigenvalue weighted by Gasteiger charge is 2.23. The number of fused-ring (bicyclic) bond motifs is 1. The van der Waals surface area contributed by atoms with Crippen LogP contribution in [0.15, 0.2) is 66.7 Å². The van der Waals surface area contributed by atoms with Crippen molar-refractivity contribution in [1.82, 2.24) is 5.32 Å². The molecule has 1 fully saturated rings. The summed E-state index contributed by atoms with van der Waals surface area (Å²) in [6, 6.07) is 20.9. The van der Waals surface area contributed by atoms with Gasteiger partial charge in [0, 0.05) is 22.9 Å². The second-order valence-electron chi connectivity index (χ2n) is 6.34. The quantitative estimate of drug-likeness (QED) is 0.760. The molecule has 1 aliphatic rings. The van der Waals surface area contributed by atoms with Crippen LogP contribution in [-0.4, -0.2) is 17.9 Å². The fourth-order valence-corrected chi connectivity index (χ4v) is 2.74. The number of amides is 2. The lowest BCUT2D eigenvalue weighted by Crippen LogP contribution is -2.25. The van der Waals surface area contributed by atoms with Gasteiger partial charge in [0.15, 0.2) is 0 Å². The van der Waals surface area contributed by atoms with Gasteiger partial charge in [0.25, 0.3) is 11.8 Å². The SMILES string of the molecule is O=C(Nc1ccc(C(=O)NC2CC2)cc1)c1ccc2ccccc2c1. The maximum Gasteiger partial charge on any atom is 0.255 e. The van der Waals surface area contributed by atoms with E-state index < -0.39 is 0 Å². The Morgan fingerprint density at radius 2 is 1.44 bits per heavy atom. The zero-order valence-corrected chi connectivity index (χ0v) is 13.7. The summed E-state index contributed by atoms with van der Waals surface area (Å²) in [6.45, 7) is 0. The molecule has 0 atom stereocenters. The normalized spacial score (nSPS) is 13.4. The summed E-state index contributed by atoms with van der Waals surface area (Å²) < 4.78 is 0. The molecule has 0 spiro atoms. The van der Waals surface area contributed by atoms with Crippen molar-refractivity contribution in [2.75, 3.05) is 5.32 Å². The summed E-state index contributed by atoms with van der Waals surface area (Å²) >= 11 is 0. The van der Waals surface area contributed by atoms with Gasteiger partial charge in [-0.3, -0.25) is 9.59 Å². The third kappa shape index (κ3) is 3.53. The first kappa shape index (κ1) is 15.4. The zero-order chi connectivity index (χ0) is 17.2. The molecule has 4 heteroatoms. The van der Waals surface area contributed by atoms with Crippen LogP contribution < -0.4 is 10.6 Å². The topological polar surface area (TPSA) is 58.2 Å². The largest absolute Gasteiger partial charge is 0.349 e. The van der Waals surface area contributed by atoms with E-state index in [4.69, 9.17) is 0 Å². The molecule has 1 aliphatic carbocycles. The number of nitrogens with one attached hydrogen (secondary N) is 2. The van der Waals surface area contributed by atoms with E-state index in [2.05, 4.69) is 10.6 Å². The van der Waals surface area contributed by atoms with Crippen LogP contribution in [0.2, 0.25) is 0 Å². The van der Waals surface area contributed by atoms with Gasteiger partial charge in [-0.05, 0) is 60.0 Å². The fraction of sp³-hybridized carbons (Fsp3) is 0.143. The number of hydrogen-bond donors (Lipinski definition) is 2. The molecule has 3 aromatic rings. The van der Waals surface area contributed by atoms with Gasteiger partial charge in [0.1, 0.15) is 0 Å². The van der Waals surface area contributed by atoms with E-state index in [0.29, 0.717) is 22.9 Å². The van der Waals surface area contributed by atoms with E-state index in [-0.39, 0.29) is 11.8 Å². The average molecular weight is 330 g/mol. The standard InChI is InChI=1S/C21H18N2O2/c24-20(22-19-11-12-19)15-7-9-18(10-8-15)23-21(25)17-6-5-14-3-1-2-4-16(14)13-17/h1-10,13,19H,11-12H2,(H,22,24)(H,23,25). The van der Waals surface area contributed by atoms with Crippen molar-refractivity contribution in [1.29, 1.82) is 0 Å². The predicted molar refractivity (Wildman–Crippen MR) is 98.8 cm³/mol. The minimum atomic E-state index is -0.166. The fourth-order valence-electron chi connectivity index (χ4n) is 2.74. The molecule has 0 aliphatic heterocycles. The maximum absolute atomic E-state index is 12.4. The van der Waals surface area contributed by atoms with Crippen LogP contribution in [0.3, 0.4) is 0 Å². The first-order chi connectivity index (χ1) is 12.2. The van der Waals surface area contributed by atoms with Gasteiger partial charge in [0.05, 0.1) is 0 Å². The number of benzene rings is 3. The lowest BCUT2D eigenvalue weighted by atomic mass is 10.1. The van der Waals surface area contributed by atoms with E-state index in [0.717, 1.165) is 23.6 Å². The molecule has 3 aromatic carbocycles. The van der Waals surface area contributed by atoms with Gasteiger partial charge in [0.2, 0.25) is 0 Å². The summed E-state index contributed by atoms with van der Waals surface area (Å²) in [6.07, 6.45) is 2.12. The highest BCUT2D eigenvalue weighted by atomic mass is 16.2. The van der Waals surface area contributed by atoms with E-state index in [9.17, 15) is 9.59 Å². The van der Waals surface area contributed by atoms with Crippen molar-refractivity contribution in [3.63, 3.8) is 0 Å². The molecule has 0 unspecified atom stereocenters. The van der Waals surface area contributed by atoms with Crippen molar-refractivity contribution in [3.8, 4) is 0 Å². The average Bonchev–Trinajstić information content (AvgIpc) is 3.46. The van der Waals surface area contributed by atoms with Gasteiger partial charge in [-0.2, -0.15) is 0 Å².